The van der Waals surface area contributed by atoms with Crippen LogP contribution in [0.3, 0.4) is 0 Å². The predicted octanol–water partition coefficient (Wildman–Crippen LogP) is 0.0661. The first-order valence-corrected chi connectivity index (χ1v) is 3.03. The lowest BCUT2D eigenvalue weighted by Crippen LogP contribution is -2.33. The lowest BCUT2D eigenvalue weighted by Gasteiger charge is -2.18. The Kier molecular flexibility index (Phi) is 1.82. The molecule has 0 aromatic rings. The highest BCUT2D eigenvalue weighted by atomic mass is 16.2. The van der Waals surface area contributed by atoms with Crippen LogP contribution in [0.15, 0.2) is 0 Å². The lowest BCUT2D eigenvalue weighted by atomic mass is 10.1. The average Bonchev–Trinajstić information content (AvgIpc) is 1.89. The van der Waals surface area contributed by atoms with Gasteiger partial charge in [0.25, 0.3) is 0 Å². The summed E-state index contributed by atoms with van der Waals surface area (Å²) in [6.45, 7) is 0.558. The van der Waals surface area contributed by atoms with Gasteiger partial charge in [0.05, 0.1) is 0 Å². The molecule has 3 heteroatoms. The number of rotatable bonds is 1. The van der Waals surface area contributed by atoms with E-state index in [0.717, 1.165) is 17.7 Å². The van der Waals surface area contributed by atoms with Crippen LogP contribution in [-0.2, 0) is 9.59 Å². The molecule has 1 aliphatic heterocycles. The van der Waals surface area contributed by atoms with Crippen LogP contribution in [0.4, 0.5) is 0 Å². The summed E-state index contributed by atoms with van der Waals surface area (Å²) in [6, 6.07) is 0. The summed E-state index contributed by atoms with van der Waals surface area (Å²) in [7, 11) is 0. The maximum Gasteiger partial charge on any atom is 0.319 e. The van der Waals surface area contributed by atoms with Crippen molar-refractivity contribution in [1.29, 1.82) is 0 Å². The lowest BCUT2D eigenvalue weighted by molar-refractivity contribution is -0.129. The first-order valence-electron chi connectivity index (χ1n) is 3.03. The van der Waals surface area contributed by atoms with E-state index in [2.05, 4.69) is 0 Å². The molecule has 0 saturated carbocycles. The number of carbonyl (C=O) groups is 1. The normalized spacial score (nSPS) is 20.0. The van der Waals surface area contributed by atoms with E-state index in [1.165, 1.54) is 0 Å². The number of hydrogen-bond acceptors (Lipinski definition) is 2. The van der Waals surface area contributed by atoms with E-state index in [9.17, 15) is 9.59 Å². The van der Waals surface area contributed by atoms with Crippen molar-refractivity contribution in [3.8, 4) is 0 Å². The van der Waals surface area contributed by atoms with E-state index < -0.39 is 0 Å². The Morgan fingerprint density at radius 3 is 2.67 bits per heavy atom. The summed E-state index contributed by atoms with van der Waals surface area (Å²) < 4.78 is 0. The van der Waals surface area contributed by atoms with Crippen molar-refractivity contribution < 1.29 is 9.59 Å². The topological polar surface area (TPSA) is 37.4 Å². The molecule has 1 rings (SSSR count). The van der Waals surface area contributed by atoms with Gasteiger partial charge in [-0.05, 0) is 12.8 Å². The van der Waals surface area contributed by atoms with Crippen LogP contribution in [-0.4, -0.2) is 23.8 Å². The second kappa shape index (κ2) is 2.62. The molecule has 49 valence electrons. The van der Waals surface area contributed by atoms with Crippen molar-refractivity contribution in [1.82, 2.24) is 4.90 Å². The molecule has 0 aromatic carbocycles. The zero-order chi connectivity index (χ0) is 6.69. The standard InChI is InChI=1S/C6H8NO2/c8-5-7-4-2-1-3-6(7)9/h1-4H2. The van der Waals surface area contributed by atoms with Gasteiger partial charge >= 0.3 is 6.41 Å². The van der Waals surface area contributed by atoms with Crippen LogP contribution in [0.2, 0.25) is 0 Å². The number of hydrogen-bond donors (Lipinski definition) is 0. The fraction of sp³-hybridized carbons (Fsp3) is 0.667. The van der Waals surface area contributed by atoms with Crippen molar-refractivity contribution in [2.24, 2.45) is 0 Å². The minimum atomic E-state index is -0.0868. The van der Waals surface area contributed by atoms with Crippen molar-refractivity contribution in [2.45, 2.75) is 19.3 Å². The van der Waals surface area contributed by atoms with Gasteiger partial charge in [-0.15, -0.1) is 0 Å². The van der Waals surface area contributed by atoms with E-state index in [4.69, 9.17) is 0 Å². The molecular formula is C6H8NO2. The molecule has 1 aliphatic rings. The smallest absolute Gasteiger partial charge is 0.274 e. The van der Waals surface area contributed by atoms with Gasteiger partial charge in [0.2, 0.25) is 5.91 Å². The summed E-state index contributed by atoms with van der Waals surface area (Å²) in [6.07, 6.45) is 3.94. The van der Waals surface area contributed by atoms with E-state index in [1.54, 1.807) is 6.41 Å². The molecule has 0 bridgehead atoms. The molecule has 0 spiro atoms. The number of amides is 2. The molecule has 1 fully saturated rings. The Balaban J connectivity index is 2.48. The van der Waals surface area contributed by atoms with Crippen LogP contribution in [0.1, 0.15) is 19.3 Å². The zero-order valence-corrected chi connectivity index (χ0v) is 5.09. The molecule has 2 amide bonds. The Hall–Kier alpha value is -0.860. The van der Waals surface area contributed by atoms with Crippen molar-refractivity contribution in [3.05, 3.63) is 0 Å². The van der Waals surface area contributed by atoms with Gasteiger partial charge in [-0.25, -0.2) is 0 Å². The fourth-order valence-corrected chi connectivity index (χ4v) is 0.902. The minimum absolute atomic E-state index is 0.0868. The second-order valence-corrected chi connectivity index (χ2v) is 2.09. The van der Waals surface area contributed by atoms with Gasteiger partial charge in [-0.2, -0.15) is 0 Å². The van der Waals surface area contributed by atoms with Crippen molar-refractivity contribution in [3.63, 3.8) is 0 Å². The van der Waals surface area contributed by atoms with E-state index >= 15 is 0 Å². The molecule has 3 nitrogen and oxygen atoms in total. The molecule has 1 heterocycles. The summed E-state index contributed by atoms with van der Waals surface area (Å²) in [5, 5.41) is 0. The Morgan fingerprint density at radius 1 is 1.44 bits per heavy atom. The van der Waals surface area contributed by atoms with Crippen LogP contribution in [0.5, 0.6) is 0 Å². The maximum absolute atomic E-state index is 10.7. The number of imide groups is 1. The molecular weight excluding hydrogens is 118 g/mol. The van der Waals surface area contributed by atoms with Gasteiger partial charge in [-0.1, -0.05) is 0 Å². The van der Waals surface area contributed by atoms with E-state index in [0.29, 0.717) is 13.0 Å². The number of piperidine rings is 1. The second-order valence-electron chi connectivity index (χ2n) is 2.09. The van der Waals surface area contributed by atoms with Crippen LogP contribution >= 0.6 is 0 Å². The predicted molar refractivity (Wildman–Crippen MR) is 31.3 cm³/mol. The number of likely N-dealkylation sites (tertiary alicyclic amines) is 1. The van der Waals surface area contributed by atoms with Crippen LogP contribution in [0.25, 0.3) is 0 Å². The highest BCUT2D eigenvalue weighted by Gasteiger charge is 2.16. The Labute approximate surface area is 53.6 Å². The largest absolute Gasteiger partial charge is 0.319 e. The van der Waals surface area contributed by atoms with Gasteiger partial charge in [0.15, 0.2) is 0 Å². The third-order valence-electron chi connectivity index (χ3n) is 1.43. The highest BCUT2D eigenvalue weighted by molar-refractivity contribution is 5.86. The Morgan fingerprint density at radius 2 is 2.22 bits per heavy atom. The highest BCUT2D eigenvalue weighted by Crippen LogP contribution is 2.07. The zero-order valence-electron chi connectivity index (χ0n) is 5.09. The first kappa shape index (κ1) is 6.26. The quantitative estimate of drug-likeness (QED) is 0.498. The van der Waals surface area contributed by atoms with Gasteiger partial charge < -0.3 is 0 Å². The molecule has 0 aliphatic carbocycles. The molecule has 1 radical (unpaired) electrons. The van der Waals surface area contributed by atoms with Crippen LogP contribution in [0, 0.1) is 0 Å². The molecule has 9 heavy (non-hydrogen) atoms. The first-order chi connectivity index (χ1) is 4.34. The van der Waals surface area contributed by atoms with Crippen molar-refractivity contribution in [2.75, 3.05) is 6.54 Å². The summed E-state index contributed by atoms with van der Waals surface area (Å²) in [4.78, 5) is 21.8. The molecule has 0 unspecified atom stereocenters. The molecule has 0 N–H and O–H groups in total. The number of carbonyl (C=O) groups excluding carboxylic acids is 2. The third-order valence-corrected chi connectivity index (χ3v) is 1.43. The fourth-order valence-electron chi connectivity index (χ4n) is 0.902. The average molecular weight is 126 g/mol. The minimum Gasteiger partial charge on any atom is -0.274 e. The molecule has 1 saturated heterocycles. The maximum atomic E-state index is 10.7. The Bertz CT molecular complexity index is 133. The summed E-state index contributed by atoms with van der Waals surface area (Å²) in [5.74, 6) is -0.0868. The van der Waals surface area contributed by atoms with Gasteiger partial charge in [-0.3, -0.25) is 14.5 Å². The van der Waals surface area contributed by atoms with Gasteiger partial charge in [0, 0.05) is 13.0 Å². The SMILES string of the molecule is O=[C]N1CCCCC1=O. The molecule has 0 atom stereocenters. The third kappa shape index (κ3) is 1.28. The van der Waals surface area contributed by atoms with E-state index in [-0.39, 0.29) is 5.91 Å². The monoisotopic (exact) mass is 126 g/mol. The van der Waals surface area contributed by atoms with Crippen LogP contribution < -0.4 is 0 Å². The van der Waals surface area contributed by atoms with Crippen molar-refractivity contribution >= 4 is 12.3 Å². The summed E-state index contributed by atoms with van der Waals surface area (Å²) >= 11 is 0. The molecule has 0 aromatic heterocycles. The summed E-state index contributed by atoms with van der Waals surface area (Å²) in [5.41, 5.74) is 0. The number of nitrogens with zero attached hydrogens (tertiary/aromatic N) is 1. The van der Waals surface area contributed by atoms with E-state index in [1.807, 2.05) is 0 Å². The van der Waals surface area contributed by atoms with Gasteiger partial charge in [0.1, 0.15) is 0 Å².